The van der Waals surface area contributed by atoms with Crippen molar-refractivity contribution in [2.45, 2.75) is 32.4 Å². The van der Waals surface area contributed by atoms with Crippen LogP contribution in [-0.2, 0) is 4.74 Å². The SMILES string of the molecule is Cc1ccc2c(cnn2C2CCCCO2)c1-c1c(N)c(C(N)=O)nc2cccnc12. The third-order valence-corrected chi connectivity index (χ3v) is 5.68. The van der Waals surface area contributed by atoms with Crippen LogP contribution >= 0.6 is 0 Å². The number of aromatic nitrogens is 4. The second kappa shape index (κ2) is 7.07. The molecule has 5 rings (SSSR count). The lowest BCUT2D eigenvalue weighted by molar-refractivity contribution is -0.0366. The van der Waals surface area contributed by atoms with Crippen molar-refractivity contribution in [2.24, 2.45) is 5.73 Å². The fourth-order valence-corrected chi connectivity index (χ4v) is 4.26. The molecule has 0 bridgehead atoms. The minimum atomic E-state index is -0.671. The molecular weight excluding hydrogens is 380 g/mol. The highest BCUT2D eigenvalue weighted by Crippen LogP contribution is 2.40. The number of nitrogens with zero attached hydrogens (tertiary/aromatic N) is 4. The molecule has 0 aliphatic carbocycles. The molecule has 4 aromatic rings. The topological polar surface area (TPSA) is 122 Å². The molecule has 1 unspecified atom stereocenters. The van der Waals surface area contributed by atoms with Gasteiger partial charge in [0.1, 0.15) is 0 Å². The maximum atomic E-state index is 12.0. The van der Waals surface area contributed by atoms with Gasteiger partial charge in [-0.25, -0.2) is 9.67 Å². The summed E-state index contributed by atoms with van der Waals surface area (Å²) in [6, 6.07) is 7.64. The van der Waals surface area contributed by atoms with Gasteiger partial charge in [-0.15, -0.1) is 0 Å². The highest BCUT2D eigenvalue weighted by atomic mass is 16.5. The van der Waals surface area contributed by atoms with Crippen molar-refractivity contribution in [3.05, 3.63) is 47.9 Å². The van der Waals surface area contributed by atoms with Gasteiger partial charge in [0.15, 0.2) is 11.9 Å². The zero-order valence-corrected chi connectivity index (χ0v) is 16.6. The summed E-state index contributed by atoms with van der Waals surface area (Å²) in [6.07, 6.45) is 6.53. The molecule has 8 heteroatoms. The molecule has 152 valence electrons. The molecule has 0 saturated carbocycles. The Bertz CT molecular complexity index is 1290. The minimum Gasteiger partial charge on any atom is -0.396 e. The molecule has 1 aliphatic heterocycles. The Labute approximate surface area is 172 Å². The number of aryl methyl sites for hydroxylation is 1. The lowest BCUT2D eigenvalue weighted by atomic mass is 9.94. The Kier molecular flexibility index (Phi) is 4.36. The van der Waals surface area contributed by atoms with Gasteiger partial charge >= 0.3 is 0 Å². The first-order chi connectivity index (χ1) is 14.6. The average Bonchev–Trinajstić information content (AvgIpc) is 3.19. The summed E-state index contributed by atoms with van der Waals surface area (Å²) in [5.74, 6) is -0.671. The summed E-state index contributed by atoms with van der Waals surface area (Å²) in [4.78, 5) is 20.9. The van der Waals surface area contributed by atoms with Crippen molar-refractivity contribution in [3.63, 3.8) is 0 Å². The van der Waals surface area contributed by atoms with E-state index in [1.807, 2.05) is 29.9 Å². The van der Waals surface area contributed by atoms with Crippen LogP contribution in [0.5, 0.6) is 0 Å². The highest BCUT2D eigenvalue weighted by molar-refractivity contribution is 6.12. The number of hydrogen-bond acceptors (Lipinski definition) is 6. The fourth-order valence-electron chi connectivity index (χ4n) is 4.26. The van der Waals surface area contributed by atoms with E-state index in [-0.39, 0.29) is 17.6 Å². The molecule has 4 heterocycles. The number of anilines is 1. The molecule has 1 amide bonds. The van der Waals surface area contributed by atoms with Gasteiger partial charge in [-0.3, -0.25) is 9.78 Å². The summed E-state index contributed by atoms with van der Waals surface area (Å²) in [7, 11) is 0. The summed E-state index contributed by atoms with van der Waals surface area (Å²) in [5, 5.41) is 5.56. The second-order valence-corrected chi connectivity index (χ2v) is 7.59. The van der Waals surface area contributed by atoms with Gasteiger partial charge < -0.3 is 16.2 Å². The molecule has 8 nitrogen and oxygen atoms in total. The van der Waals surface area contributed by atoms with Crippen LogP contribution < -0.4 is 11.5 Å². The number of amides is 1. The van der Waals surface area contributed by atoms with Crippen molar-refractivity contribution in [1.29, 1.82) is 0 Å². The van der Waals surface area contributed by atoms with Gasteiger partial charge in [0.05, 0.1) is 28.4 Å². The summed E-state index contributed by atoms with van der Waals surface area (Å²) < 4.78 is 7.87. The maximum Gasteiger partial charge on any atom is 0.269 e. The van der Waals surface area contributed by atoms with Crippen LogP contribution in [-0.4, -0.2) is 32.3 Å². The molecular formula is C22H22N6O2. The summed E-state index contributed by atoms with van der Waals surface area (Å²) in [6.45, 7) is 2.74. The van der Waals surface area contributed by atoms with Gasteiger partial charge in [-0.2, -0.15) is 5.10 Å². The molecule has 1 aliphatic rings. The molecule has 1 atom stereocenters. The van der Waals surface area contributed by atoms with E-state index in [1.165, 1.54) is 0 Å². The predicted octanol–water partition coefficient (Wildman–Crippen LogP) is 3.34. The number of rotatable bonds is 3. The largest absolute Gasteiger partial charge is 0.396 e. The monoisotopic (exact) mass is 402 g/mol. The molecule has 4 N–H and O–H groups in total. The fraction of sp³-hybridized carbons (Fsp3) is 0.273. The smallest absolute Gasteiger partial charge is 0.269 e. The summed E-state index contributed by atoms with van der Waals surface area (Å²) in [5.41, 5.74) is 16.9. The Morgan fingerprint density at radius 3 is 2.87 bits per heavy atom. The number of primary amides is 1. The highest BCUT2D eigenvalue weighted by Gasteiger charge is 2.24. The molecule has 1 saturated heterocycles. The van der Waals surface area contributed by atoms with E-state index < -0.39 is 5.91 Å². The van der Waals surface area contributed by atoms with Gasteiger partial charge in [0, 0.05) is 23.8 Å². The third kappa shape index (κ3) is 2.80. The van der Waals surface area contributed by atoms with Crippen LogP contribution in [0.15, 0.2) is 36.7 Å². The third-order valence-electron chi connectivity index (χ3n) is 5.68. The van der Waals surface area contributed by atoms with Crippen LogP contribution in [0.3, 0.4) is 0 Å². The van der Waals surface area contributed by atoms with E-state index >= 15 is 0 Å². The van der Waals surface area contributed by atoms with Crippen LogP contribution in [0.2, 0.25) is 0 Å². The Morgan fingerprint density at radius 2 is 2.10 bits per heavy atom. The van der Waals surface area contributed by atoms with Crippen LogP contribution in [0, 0.1) is 6.92 Å². The lowest BCUT2D eigenvalue weighted by Crippen LogP contribution is -2.19. The van der Waals surface area contributed by atoms with Crippen molar-refractivity contribution >= 4 is 33.5 Å². The molecule has 30 heavy (non-hydrogen) atoms. The number of fused-ring (bicyclic) bond motifs is 2. The maximum absolute atomic E-state index is 12.0. The first-order valence-electron chi connectivity index (χ1n) is 9.99. The van der Waals surface area contributed by atoms with Crippen molar-refractivity contribution in [3.8, 4) is 11.1 Å². The van der Waals surface area contributed by atoms with Crippen molar-refractivity contribution in [2.75, 3.05) is 12.3 Å². The van der Waals surface area contributed by atoms with Gasteiger partial charge in [-0.1, -0.05) is 6.07 Å². The summed E-state index contributed by atoms with van der Waals surface area (Å²) >= 11 is 0. The van der Waals surface area contributed by atoms with Crippen LogP contribution in [0.25, 0.3) is 33.1 Å². The number of carbonyl (C=O) groups excluding carboxylic acids is 1. The van der Waals surface area contributed by atoms with Crippen LogP contribution in [0.4, 0.5) is 5.69 Å². The first kappa shape index (κ1) is 18.5. The van der Waals surface area contributed by atoms with Gasteiger partial charge in [0.2, 0.25) is 0 Å². The van der Waals surface area contributed by atoms with E-state index in [4.69, 9.17) is 16.2 Å². The zero-order chi connectivity index (χ0) is 20.8. The normalized spacial score (nSPS) is 16.9. The van der Waals surface area contributed by atoms with Crippen molar-refractivity contribution < 1.29 is 9.53 Å². The van der Waals surface area contributed by atoms with Crippen molar-refractivity contribution in [1.82, 2.24) is 19.7 Å². The van der Waals surface area contributed by atoms with E-state index in [1.54, 1.807) is 18.3 Å². The number of pyridine rings is 2. The number of hydrogen-bond donors (Lipinski definition) is 2. The Morgan fingerprint density at radius 1 is 1.23 bits per heavy atom. The van der Waals surface area contributed by atoms with Gasteiger partial charge in [-0.05, 0) is 55.5 Å². The Balaban J connectivity index is 1.83. The zero-order valence-electron chi connectivity index (χ0n) is 16.6. The molecule has 3 aromatic heterocycles. The second-order valence-electron chi connectivity index (χ2n) is 7.59. The van der Waals surface area contributed by atoms with E-state index in [0.717, 1.165) is 47.9 Å². The Hall–Kier alpha value is -3.52. The average molecular weight is 402 g/mol. The standard InChI is InChI=1S/C22H22N6O2/c1-12-7-8-15-13(11-26-28(15)16-6-2-3-10-30-16)17(12)18-19(23)21(22(24)29)27-14-5-4-9-25-20(14)18/h4-5,7-9,11,16H,2-3,6,10,23H2,1H3,(H2,24,29). The van der Waals surface area contributed by atoms with E-state index in [0.29, 0.717) is 16.6 Å². The number of benzene rings is 1. The lowest BCUT2D eigenvalue weighted by Gasteiger charge is -2.23. The number of nitrogen functional groups attached to an aromatic ring is 1. The van der Waals surface area contributed by atoms with E-state index in [2.05, 4.69) is 15.1 Å². The molecule has 1 aromatic carbocycles. The predicted molar refractivity (Wildman–Crippen MR) is 115 cm³/mol. The molecule has 0 radical (unpaired) electrons. The van der Waals surface area contributed by atoms with E-state index in [9.17, 15) is 4.79 Å². The first-order valence-corrected chi connectivity index (χ1v) is 9.99. The van der Waals surface area contributed by atoms with Gasteiger partial charge in [0.25, 0.3) is 5.91 Å². The quantitative estimate of drug-likeness (QED) is 0.542. The molecule has 0 spiro atoms. The minimum absolute atomic E-state index is 0.0462. The molecule has 1 fully saturated rings. The number of ether oxygens (including phenoxy) is 1. The van der Waals surface area contributed by atoms with Crippen LogP contribution in [0.1, 0.15) is 41.5 Å². The number of carbonyl (C=O) groups is 1. The number of nitrogens with two attached hydrogens (primary N) is 2.